The first kappa shape index (κ1) is 18.3. The van der Waals surface area contributed by atoms with Crippen LogP contribution in [0.2, 0.25) is 5.02 Å². The summed E-state index contributed by atoms with van der Waals surface area (Å²) in [6.07, 6.45) is 2.92. The first-order valence-corrected chi connectivity index (χ1v) is 9.43. The van der Waals surface area contributed by atoms with Gasteiger partial charge in [-0.1, -0.05) is 29.8 Å². The Kier molecular flexibility index (Phi) is 4.88. The molecule has 1 N–H and O–H groups in total. The molecule has 1 fully saturated rings. The van der Waals surface area contributed by atoms with E-state index in [4.69, 9.17) is 11.6 Å². The number of halogens is 1. The van der Waals surface area contributed by atoms with Crippen LogP contribution >= 0.6 is 11.6 Å². The molecule has 2 amide bonds. The van der Waals surface area contributed by atoms with Crippen molar-refractivity contribution in [3.05, 3.63) is 71.0 Å². The monoisotopic (exact) mass is 394 g/mol. The lowest BCUT2D eigenvalue weighted by Gasteiger charge is -2.17. The van der Waals surface area contributed by atoms with Crippen LogP contribution in [0, 0.1) is 6.92 Å². The Hall–Kier alpha value is -3.12. The fourth-order valence-corrected chi connectivity index (χ4v) is 3.51. The van der Waals surface area contributed by atoms with Crippen molar-refractivity contribution in [3.8, 4) is 5.69 Å². The van der Waals surface area contributed by atoms with Gasteiger partial charge in [-0.2, -0.15) is 5.10 Å². The highest BCUT2D eigenvalue weighted by molar-refractivity contribution is 6.34. The van der Waals surface area contributed by atoms with Crippen LogP contribution in [0.4, 0.5) is 11.4 Å². The molecular weight excluding hydrogens is 376 g/mol. The molecule has 1 aliphatic rings. The SMILES string of the molecule is Cc1c(C(=O)Nc2cc(N3CCCC3=O)ccc2Cl)cnn1-c1ccccc1. The maximum atomic E-state index is 12.8. The molecule has 2 heterocycles. The highest BCUT2D eigenvalue weighted by Gasteiger charge is 2.23. The van der Waals surface area contributed by atoms with Crippen molar-refractivity contribution in [2.24, 2.45) is 0 Å². The van der Waals surface area contributed by atoms with Gasteiger partial charge in [0.2, 0.25) is 5.91 Å². The van der Waals surface area contributed by atoms with Gasteiger partial charge in [-0.25, -0.2) is 4.68 Å². The Bertz CT molecular complexity index is 1050. The summed E-state index contributed by atoms with van der Waals surface area (Å²) in [5.41, 5.74) is 3.27. The van der Waals surface area contributed by atoms with E-state index < -0.39 is 0 Å². The van der Waals surface area contributed by atoms with Crippen LogP contribution in [0.5, 0.6) is 0 Å². The number of hydrogen-bond donors (Lipinski definition) is 1. The third-order valence-electron chi connectivity index (χ3n) is 4.84. The normalized spacial score (nSPS) is 13.8. The molecule has 2 aromatic carbocycles. The quantitative estimate of drug-likeness (QED) is 0.720. The van der Waals surface area contributed by atoms with Crippen molar-refractivity contribution >= 4 is 34.8 Å². The zero-order valence-electron chi connectivity index (χ0n) is 15.4. The molecular formula is C21H19ClN4O2. The average Bonchev–Trinajstić information content (AvgIpc) is 3.30. The molecule has 0 saturated carbocycles. The fourth-order valence-electron chi connectivity index (χ4n) is 3.35. The Morgan fingerprint density at radius 2 is 1.93 bits per heavy atom. The van der Waals surface area contributed by atoms with E-state index in [2.05, 4.69) is 10.4 Å². The average molecular weight is 395 g/mol. The third-order valence-corrected chi connectivity index (χ3v) is 5.17. The van der Waals surface area contributed by atoms with Crippen LogP contribution in [-0.4, -0.2) is 28.1 Å². The van der Waals surface area contributed by atoms with E-state index in [0.717, 1.165) is 23.5 Å². The number of nitrogens with zero attached hydrogens (tertiary/aromatic N) is 3. The third kappa shape index (κ3) is 3.39. The van der Waals surface area contributed by atoms with Crippen molar-refractivity contribution < 1.29 is 9.59 Å². The standard InChI is InChI=1S/C21H19ClN4O2/c1-14-17(13-23-26(14)15-6-3-2-4-7-15)21(28)24-19-12-16(9-10-18(19)22)25-11-5-8-20(25)27/h2-4,6-7,9-10,12-13H,5,8,11H2,1H3,(H,24,28). The molecule has 1 aromatic heterocycles. The Morgan fingerprint density at radius 3 is 2.64 bits per heavy atom. The molecule has 3 aromatic rings. The number of benzene rings is 2. The molecule has 1 aliphatic heterocycles. The van der Waals surface area contributed by atoms with Gasteiger partial charge in [0.1, 0.15) is 0 Å². The Balaban J connectivity index is 1.59. The molecule has 0 atom stereocenters. The number of hydrogen-bond acceptors (Lipinski definition) is 3. The van der Waals surface area contributed by atoms with Crippen LogP contribution in [0.1, 0.15) is 28.9 Å². The van der Waals surface area contributed by atoms with Crippen LogP contribution in [0.15, 0.2) is 54.7 Å². The van der Waals surface area contributed by atoms with Crippen molar-refractivity contribution in [1.29, 1.82) is 0 Å². The number of carbonyl (C=O) groups excluding carboxylic acids is 2. The van der Waals surface area contributed by atoms with Crippen molar-refractivity contribution in [1.82, 2.24) is 9.78 Å². The number of amides is 2. The number of carbonyl (C=O) groups is 2. The lowest BCUT2D eigenvalue weighted by atomic mass is 10.2. The first-order chi connectivity index (χ1) is 13.5. The van der Waals surface area contributed by atoms with E-state index in [1.54, 1.807) is 34.0 Å². The van der Waals surface area contributed by atoms with Crippen LogP contribution in [0.25, 0.3) is 5.69 Å². The second-order valence-corrected chi connectivity index (χ2v) is 7.07. The van der Waals surface area contributed by atoms with E-state index in [-0.39, 0.29) is 11.8 Å². The molecule has 7 heteroatoms. The van der Waals surface area contributed by atoms with Crippen molar-refractivity contribution in [2.45, 2.75) is 19.8 Å². The summed E-state index contributed by atoms with van der Waals surface area (Å²) in [5, 5.41) is 7.59. The van der Waals surface area contributed by atoms with Gasteiger partial charge in [0, 0.05) is 18.7 Å². The smallest absolute Gasteiger partial charge is 0.259 e. The highest BCUT2D eigenvalue weighted by Crippen LogP contribution is 2.30. The van der Waals surface area contributed by atoms with Gasteiger partial charge in [-0.15, -0.1) is 0 Å². The number of rotatable bonds is 4. The summed E-state index contributed by atoms with van der Waals surface area (Å²) in [5.74, 6) is -0.217. The largest absolute Gasteiger partial charge is 0.320 e. The lowest BCUT2D eigenvalue weighted by molar-refractivity contribution is -0.117. The van der Waals surface area contributed by atoms with E-state index >= 15 is 0 Å². The molecule has 142 valence electrons. The van der Waals surface area contributed by atoms with E-state index in [1.165, 1.54) is 0 Å². The minimum Gasteiger partial charge on any atom is -0.320 e. The van der Waals surface area contributed by atoms with Gasteiger partial charge >= 0.3 is 0 Å². The molecule has 0 bridgehead atoms. The first-order valence-electron chi connectivity index (χ1n) is 9.06. The fraction of sp³-hybridized carbons (Fsp3) is 0.190. The van der Waals surface area contributed by atoms with E-state index in [9.17, 15) is 9.59 Å². The molecule has 0 aliphatic carbocycles. The summed E-state index contributed by atoms with van der Waals surface area (Å²) in [6.45, 7) is 2.52. The molecule has 6 nitrogen and oxygen atoms in total. The van der Waals surface area contributed by atoms with Gasteiger partial charge in [0.05, 0.1) is 33.9 Å². The van der Waals surface area contributed by atoms with Crippen molar-refractivity contribution in [3.63, 3.8) is 0 Å². The lowest BCUT2D eigenvalue weighted by Crippen LogP contribution is -2.24. The number of para-hydroxylation sites is 1. The predicted octanol–water partition coefficient (Wildman–Crippen LogP) is 4.21. The molecule has 28 heavy (non-hydrogen) atoms. The minimum absolute atomic E-state index is 0.0829. The van der Waals surface area contributed by atoms with Gasteiger partial charge in [-0.3, -0.25) is 9.59 Å². The molecule has 0 spiro atoms. The number of nitrogens with one attached hydrogen (secondary N) is 1. The summed E-state index contributed by atoms with van der Waals surface area (Å²) in [7, 11) is 0. The summed E-state index contributed by atoms with van der Waals surface area (Å²) in [4.78, 5) is 26.5. The predicted molar refractivity (Wildman–Crippen MR) is 109 cm³/mol. The Labute approximate surface area is 167 Å². The van der Waals surface area contributed by atoms with Gasteiger partial charge < -0.3 is 10.2 Å². The summed E-state index contributed by atoms with van der Waals surface area (Å²) in [6, 6.07) is 14.8. The van der Waals surface area contributed by atoms with E-state index in [0.29, 0.717) is 29.2 Å². The van der Waals surface area contributed by atoms with Crippen molar-refractivity contribution in [2.75, 3.05) is 16.8 Å². The highest BCUT2D eigenvalue weighted by atomic mass is 35.5. The van der Waals surface area contributed by atoms with Crippen LogP contribution in [-0.2, 0) is 4.79 Å². The maximum absolute atomic E-state index is 12.8. The molecule has 0 radical (unpaired) electrons. The zero-order valence-corrected chi connectivity index (χ0v) is 16.1. The second-order valence-electron chi connectivity index (χ2n) is 6.66. The second kappa shape index (κ2) is 7.48. The maximum Gasteiger partial charge on any atom is 0.259 e. The molecule has 0 unspecified atom stereocenters. The molecule has 4 rings (SSSR count). The van der Waals surface area contributed by atoms with E-state index in [1.807, 2.05) is 37.3 Å². The minimum atomic E-state index is -0.300. The Morgan fingerprint density at radius 1 is 1.14 bits per heavy atom. The summed E-state index contributed by atoms with van der Waals surface area (Å²) >= 11 is 6.27. The number of aromatic nitrogens is 2. The van der Waals surface area contributed by atoms with Crippen LogP contribution < -0.4 is 10.2 Å². The topological polar surface area (TPSA) is 67.2 Å². The number of anilines is 2. The zero-order chi connectivity index (χ0) is 19.7. The van der Waals surface area contributed by atoms with Crippen LogP contribution in [0.3, 0.4) is 0 Å². The summed E-state index contributed by atoms with van der Waals surface area (Å²) < 4.78 is 1.72. The van der Waals surface area contributed by atoms with Gasteiger partial charge in [0.15, 0.2) is 0 Å². The molecule has 1 saturated heterocycles. The van der Waals surface area contributed by atoms with Gasteiger partial charge in [-0.05, 0) is 43.7 Å². The van der Waals surface area contributed by atoms with Gasteiger partial charge in [0.25, 0.3) is 5.91 Å².